The maximum Gasteiger partial charge on any atom is 0.335 e. The molecule has 0 heterocycles. The molecule has 2 aromatic carbocycles. The molecule has 0 aromatic heterocycles. The fourth-order valence-corrected chi connectivity index (χ4v) is 4.11. The maximum atomic E-state index is 12.9. The molecule has 0 spiro atoms. The first kappa shape index (κ1) is 20.8. The van der Waals surface area contributed by atoms with Gasteiger partial charge >= 0.3 is 5.97 Å². The maximum absolute atomic E-state index is 12.9. The number of rotatable bonds is 9. The van der Waals surface area contributed by atoms with Crippen molar-refractivity contribution < 1.29 is 23.8 Å². The lowest BCUT2D eigenvalue weighted by Gasteiger charge is -2.22. The van der Waals surface area contributed by atoms with E-state index in [2.05, 4.69) is 10.4 Å². The molecule has 0 aliphatic rings. The van der Waals surface area contributed by atoms with E-state index < -0.39 is 25.4 Å². The monoisotopic (exact) mass is 390 g/mol. The van der Waals surface area contributed by atoms with Gasteiger partial charge in [-0.05, 0) is 43.2 Å². The summed E-state index contributed by atoms with van der Waals surface area (Å²) in [4.78, 5) is 23.2. The lowest BCUT2D eigenvalue weighted by molar-refractivity contribution is -0.117. The molecule has 2 atom stereocenters. The Morgan fingerprint density at radius 1 is 1.11 bits per heavy atom. The van der Waals surface area contributed by atoms with Crippen LogP contribution in [-0.2, 0) is 20.3 Å². The van der Waals surface area contributed by atoms with Gasteiger partial charge in [-0.3, -0.25) is 9.36 Å². The second kappa shape index (κ2) is 9.46. The van der Waals surface area contributed by atoms with Crippen LogP contribution in [0.4, 0.5) is 5.69 Å². The van der Waals surface area contributed by atoms with Gasteiger partial charge in [0.15, 0.2) is 0 Å². The highest BCUT2D eigenvalue weighted by atomic mass is 31.2. The predicted octanol–water partition coefficient (Wildman–Crippen LogP) is 3.38. The first-order valence-corrected chi connectivity index (χ1v) is 10.2. The third-order valence-corrected chi connectivity index (χ3v) is 6.20. The van der Waals surface area contributed by atoms with E-state index in [1.54, 1.807) is 6.92 Å². The number of amides is 1. The highest BCUT2D eigenvalue weighted by Crippen LogP contribution is 2.42. The van der Waals surface area contributed by atoms with Gasteiger partial charge in [0.2, 0.25) is 5.91 Å². The van der Waals surface area contributed by atoms with Crippen LogP contribution >= 0.6 is 7.52 Å². The van der Waals surface area contributed by atoms with E-state index in [4.69, 9.17) is 9.63 Å². The quantitative estimate of drug-likeness (QED) is 0.567. The summed E-state index contributed by atoms with van der Waals surface area (Å²) in [5.41, 5.74) is 1.62. The molecule has 3 N–H and O–H groups in total. The Labute approximate surface area is 158 Å². The molecule has 0 aliphatic heterocycles. The number of anilines is 1. The van der Waals surface area contributed by atoms with E-state index in [-0.39, 0.29) is 11.7 Å². The van der Waals surface area contributed by atoms with Gasteiger partial charge in [-0.2, -0.15) is 0 Å². The van der Waals surface area contributed by atoms with Gasteiger partial charge in [-0.1, -0.05) is 30.3 Å². The Bertz CT molecular complexity index is 824. The van der Waals surface area contributed by atoms with Crippen molar-refractivity contribution in [3.63, 3.8) is 0 Å². The van der Waals surface area contributed by atoms with E-state index >= 15 is 0 Å². The van der Waals surface area contributed by atoms with Gasteiger partial charge < -0.3 is 14.9 Å². The average molecular weight is 390 g/mol. The van der Waals surface area contributed by atoms with E-state index in [0.717, 1.165) is 5.56 Å². The Hall–Kier alpha value is -2.47. The van der Waals surface area contributed by atoms with Crippen molar-refractivity contribution in [3.8, 4) is 0 Å². The molecule has 144 valence electrons. The van der Waals surface area contributed by atoms with Gasteiger partial charge in [0.1, 0.15) is 0 Å². The Kier molecular flexibility index (Phi) is 7.30. The number of benzene rings is 2. The molecule has 0 fully saturated rings. The van der Waals surface area contributed by atoms with E-state index in [1.807, 2.05) is 30.3 Å². The smallest absolute Gasteiger partial charge is 0.335 e. The van der Waals surface area contributed by atoms with Crippen LogP contribution in [0.2, 0.25) is 0 Å². The number of carboxylic acids is 1. The summed E-state index contributed by atoms with van der Waals surface area (Å²) >= 11 is 0. The summed E-state index contributed by atoms with van der Waals surface area (Å²) in [6.07, 6.45) is 0.822. The lowest BCUT2D eigenvalue weighted by Crippen LogP contribution is -2.37. The zero-order valence-corrected chi connectivity index (χ0v) is 16.1. The highest BCUT2D eigenvalue weighted by Gasteiger charge is 2.27. The zero-order chi connectivity index (χ0) is 19.9. The summed E-state index contributed by atoms with van der Waals surface area (Å²) in [5.74, 6) is -1.43. The molecule has 0 saturated heterocycles. The van der Waals surface area contributed by atoms with Crippen LogP contribution < -0.4 is 10.4 Å². The van der Waals surface area contributed by atoms with Crippen LogP contribution in [0.3, 0.4) is 0 Å². The number of aryl methyl sites for hydroxylation is 1. The molecule has 1 amide bonds. The van der Waals surface area contributed by atoms with Gasteiger partial charge in [-0.15, -0.1) is 0 Å². The molecule has 0 bridgehead atoms. The van der Waals surface area contributed by atoms with E-state index in [1.165, 1.54) is 31.4 Å². The van der Waals surface area contributed by atoms with Gasteiger partial charge in [0, 0.05) is 19.0 Å². The number of hydrogen-bond acceptors (Lipinski definition) is 4. The summed E-state index contributed by atoms with van der Waals surface area (Å²) < 4.78 is 18.0. The molecule has 27 heavy (non-hydrogen) atoms. The normalized spacial score (nSPS) is 14.1. The minimum Gasteiger partial charge on any atom is -0.478 e. The molecule has 2 aromatic rings. The van der Waals surface area contributed by atoms with Crippen LogP contribution in [-0.4, -0.2) is 36.3 Å². The lowest BCUT2D eigenvalue weighted by atomic mass is 10.2. The van der Waals surface area contributed by atoms with Gasteiger partial charge in [0.25, 0.3) is 7.52 Å². The van der Waals surface area contributed by atoms with Crippen LogP contribution in [0.1, 0.15) is 22.8 Å². The third-order valence-electron chi connectivity index (χ3n) is 4.02. The van der Waals surface area contributed by atoms with E-state index in [9.17, 15) is 14.2 Å². The topological polar surface area (TPSA) is 105 Å². The summed E-state index contributed by atoms with van der Waals surface area (Å²) in [5, 5.41) is 14.3. The summed E-state index contributed by atoms with van der Waals surface area (Å²) in [6, 6.07) is 14.6. The molecular weight excluding hydrogens is 367 g/mol. The molecular formula is C19H23N2O5P. The summed E-state index contributed by atoms with van der Waals surface area (Å²) in [7, 11) is -1.83. The zero-order valence-electron chi connectivity index (χ0n) is 15.2. The van der Waals surface area contributed by atoms with Crippen molar-refractivity contribution in [1.29, 1.82) is 0 Å². The largest absolute Gasteiger partial charge is 0.478 e. The number of carboxylic acid groups (broad SMARTS) is 1. The SMILES string of the molecule is COP(=O)(CCc1ccccc1)NC(C)C(=O)Nc1ccc(C(=O)O)cc1. The number of hydrogen-bond donors (Lipinski definition) is 3. The fraction of sp³-hybridized carbons (Fsp3) is 0.263. The van der Waals surface area contributed by atoms with Crippen LogP contribution in [0.15, 0.2) is 54.6 Å². The number of nitrogens with one attached hydrogen (secondary N) is 2. The minimum absolute atomic E-state index is 0.129. The van der Waals surface area contributed by atoms with Crippen LogP contribution in [0, 0.1) is 0 Å². The molecule has 0 radical (unpaired) electrons. The minimum atomic E-state index is -3.19. The number of aromatic carboxylic acids is 1. The molecule has 7 nitrogen and oxygen atoms in total. The van der Waals surface area contributed by atoms with Gasteiger partial charge in [-0.25, -0.2) is 9.88 Å². The second-order valence-corrected chi connectivity index (χ2v) is 8.46. The average Bonchev–Trinajstić information content (AvgIpc) is 2.67. The van der Waals surface area contributed by atoms with Crippen molar-refractivity contribution in [2.45, 2.75) is 19.4 Å². The standard InChI is InChI=1S/C19H23N2O5P/c1-14(18(22)20-17-10-8-16(9-11-17)19(23)24)21-27(25,26-2)13-12-15-6-4-3-5-7-15/h3-11,14H,12-13H2,1-2H3,(H,20,22)(H,21,25)(H,23,24). The first-order chi connectivity index (χ1) is 12.8. The van der Waals surface area contributed by atoms with Gasteiger partial charge in [0.05, 0.1) is 11.6 Å². The van der Waals surface area contributed by atoms with Crippen molar-refractivity contribution in [2.24, 2.45) is 0 Å². The van der Waals surface area contributed by atoms with Crippen LogP contribution in [0.5, 0.6) is 0 Å². The second-order valence-electron chi connectivity index (χ2n) is 6.04. The van der Waals surface area contributed by atoms with Crippen molar-refractivity contribution in [3.05, 3.63) is 65.7 Å². The Morgan fingerprint density at radius 3 is 2.30 bits per heavy atom. The molecule has 8 heteroatoms. The fourth-order valence-electron chi connectivity index (χ4n) is 2.43. The molecule has 2 unspecified atom stereocenters. The van der Waals surface area contributed by atoms with Crippen molar-refractivity contribution in [1.82, 2.24) is 5.09 Å². The Morgan fingerprint density at radius 2 is 1.74 bits per heavy atom. The highest BCUT2D eigenvalue weighted by molar-refractivity contribution is 7.56. The van der Waals surface area contributed by atoms with E-state index in [0.29, 0.717) is 12.1 Å². The van der Waals surface area contributed by atoms with Crippen molar-refractivity contribution >= 4 is 25.1 Å². The number of carbonyl (C=O) groups excluding carboxylic acids is 1. The third kappa shape index (κ3) is 6.32. The number of carbonyl (C=O) groups is 2. The van der Waals surface area contributed by atoms with Crippen molar-refractivity contribution in [2.75, 3.05) is 18.6 Å². The molecule has 0 aliphatic carbocycles. The summed E-state index contributed by atoms with van der Waals surface area (Å²) in [6.45, 7) is 1.59. The van der Waals surface area contributed by atoms with Crippen LogP contribution in [0.25, 0.3) is 0 Å². The first-order valence-electron chi connectivity index (χ1n) is 8.44. The molecule has 0 saturated carbocycles. The Balaban J connectivity index is 1.94. The predicted molar refractivity (Wildman–Crippen MR) is 104 cm³/mol. The molecule has 2 rings (SSSR count).